The number of allylic oxidation sites excluding steroid dienone is 4. The summed E-state index contributed by atoms with van der Waals surface area (Å²) in [5.74, 6) is 0. The van der Waals surface area contributed by atoms with Crippen molar-refractivity contribution in [1.82, 2.24) is 4.90 Å². The average molecular weight is 231 g/mol. The zero-order chi connectivity index (χ0) is 11.1. The van der Waals surface area contributed by atoms with Gasteiger partial charge in [0.2, 0.25) is 0 Å². The second-order valence-electron chi connectivity index (χ2n) is 8.15. The van der Waals surface area contributed by atoms with E-state index in [9.17, 15) is 0 Å². The van der Waals surface area contributed by atoms with Crippen molar-refractivity contribution in [2.75, 3.05) is 18.9 Å². The molecule has 0 atom stereocenters. The molecule has 1 aliphatic rings. The Labute approximate surface area is 87.3 Å². The van der Waals surface area contributed by atoms with Crippen LogP contribution in [0.4, 0.5) is 0 Å². The van der Waals surface area contributed by atoms with Crippen LogP contribution in [0.1, 0.15) is 6.42 Å². The maximum atomic E-state index is 2.54. The van der Waals surface area contributed by atoms with Crippen molar-refractivity contribution in [2.45, 2.75) is 27.3 Å². The van der Waals surface area contributed by atoms with Crippen LogP contribution in [-0.4, -0.2) is 23.8 Å². The van der Waals surface area contributed by atoms with Crippen molar-refractivity contribution in [3.63, 3.8) is 0 Å². The third kappa shape index (κ3) is 2.59. The molecule has 0 heterocycles. The van der Waals surface area contributed by atoms with Crippen LogP contribution in [0.15, 0.2) is 22.1 Å². The standard InChI is InChI=1S/C5H5.C3H8N.4CH3.Ti/c1-2-4-5-3-1;1-4(2)3;;;;;/h1-3H,4H2;1H2,2-3H3;4*1H3;. The van der Waals surface area contributed by atoms with Crippen LogP contribution in [0.25, 0.3) is 0 Å². The molecule has 0 aromatic heterocycles. The van der Waals surface area contributed by atoms with Gasteiger partial charge in [-0.3, -0.25) is 0 Å². The third-order valence-corrected chi connectivity index (χ3v) is 11.8. The molecule has 1 nitrogen and oxygen atoms in total. The van der Waals surface area contributed by atoms with Crippen molar-refractivity contribution in [3.8, 4) is 0 Å². The van der Waals surface area contributed by atoms with E-state index in [1.165, 1.54) is 11.3 Å². The van der Waals surface area contributed by atoms with Gasteiger partial charge in [-0.25, -0.2) is 0 Å². The normalized spacial score (nSPS) is 22.1. The summed E-state index contributed by atoms with van der Waals surface area (Å²) in [4.78, 5) is 3.59. The van der Waals surface area contributed by atoms with Crippen LogP contribution < -0.4 is 0 Å². The molecule has 0 unspecified atom stereocenters. The van der Waals surface area contributed by atoms with Gasteiger partial charge >= 0.3 is 87.3 Å². The van der Waals surface area contributed by atoms with Gasteiger partial charge in [-0.15, -0.1) is 0 Å². The Morgan fingerprint density at radius 3 is 2.14 bits per heavy atom. The van der Waals surface area contributed by atoms with Gasteiger partial charge in [-0.05, 0) is 0 Å². The second-order valence-corrected chi connectivity index (χ2v) is 27.1. The van der Waals surface area contributed by atoms with Crippen molar-refractivity contribution in [3.05, 3.63) is 22.1 Å². The number of nitrogens with zero attached hydrogens (tertiary/aromatic N) is 1. The molecule has 2 heteroatoms. The van der Waals surface area contributed by atoms with E-state index in [1.54, 1.807) is 3.88 Å². The first-order valence-corrected chi connectivity index (χ1v) is 13.7. The molecular formula is C12H25NTi. The summed E-state index contributed by atoms with van der Waals surface area (Å²) in [7, 11) is 4.37. The van der Waals surface area contributed by atoms with Crippen LogP contribution in [0.5, 0.6) is 0 Å². The van der Waals surface area contributed by atoms with Crippen LogP contribution in [0, 0.1) is 0 Å². The minimum absolute atomic E-state index is 1.18. The topological polar surface area (TPSA) is 3.24 Å². The molecule has 0 saturated heterocycles. The number of hydrogen-bond donors (Lipinski definition) is 0. The predicted octanol–water partition coefficient (Wildman–Crippen LogP) is 3.77. The molecule has 0 fully saturated rings. The molecule has 0 radical (unpaired) electrons. The quantitative estimate of drug-likeness (QED) is 0.668. The van der Waals surface area contributed by atoms with Crippen molar-refractivity contribution in [1.29, 1.82) is 0 Å². The Morgan fingerprint density at radius 1 is 1.21 bits per heavy atom. The molecule has 1 aliphatic carbocycles. The molecule has 0 saturated carbocycles. The summed E-state index contributed by atoms with van der Waals surface area (Å²) in [5.41, 5.74) is 0. The SMILES string of the molecule is CN(C)[CH2][Ti]([CH3])([CH3])([CH3])([CH3])[C]1=CC=CC1. The van der Waals surface area contributed by atoms with Crippen LogP contribution in [-0.2, 0) is 14.0 Å². The Hall–Kier alpha value is 0.154. The van der Waals surface area contributed by atoms with Crippen LogP contribution in [0.3, 0.4) is 0 Å². The van der Waals surface area contributed by atoms with Crippen molar-refractivity contribution < 1.29 is 14.0 Å². The second kappa shape index (κ2) is 2.84. The van der Waals surface area contributed by atoms with Gasteiger partial charge in [0.1, 0.15) is 0 Å². The molecule has 0 spiro atoms. The summed E-state index contributed by atoms with van der Waals surface area (Å²) in [6, 6.07) is 0. The van der Waals surface area contributed by atoms with Gasteiger partial charge < -0.3 is 0 Å². The predicted molar refractivity (Wildman–Crippen MR) is 63.9 cm³/mol. The molecule has 0 N–H and O–H groups in total. The first kappa shape index (κ1) is 12.2. The summed E-state index contributed by atoms with van der Waals surface area (Å²) in [6.07, 6.45) is 8.04. The first-order valence-electron chi connectivity index (χ1n) is 5.53. The summed E-state index contributed by atoms with van der Waals surface area (Å²) in [6.45, 7) is 0. The van der Waals surface area contributed by atoms with Crippen molar-refractivity contribution in [2.24, 2.45) is 0 Å². The summed E-state index contributed by atoms with van der Waals surface area (Å²) in [5, 5.41) is 10.2. The molecule has 0 aromatic rings. The molecule has 0 bridgehead atoms. The zero-order valence-corrected chi connectivity index (χ0v) is 12.2. The van der Waals surface area contributed by atoms with Gasteiger partial charge in [0.25, 0.3) is 0 Å². The van der Waals surface area contributed by atoms with E-state index in [4.69, 9.17) is 0 Å². The van der Waals surface area contributed by atoms with Gasteiger partial charge in [0.15, 0.2) is 0 Å². The Morgan fingerprint density at radius 2 is 1.79 bits per heavy atom. The summed E-state index contributed by atoms with van der Waals surface area (Å²) >= 11 is -2.88. The molecule has 0 amide bonds. The number of rotatable bonds is 3. The Bertz CT molecular complexity index is 300. The number of hydrogen-bond acceptors (Lipinski definition) is 1. The Balaban J connectivity index is 3.09. The van der Waals surface area contributed by atoms with Gasteiger partial charge in [-0.1, -0.05) is 0 Å². The monoisotopic (exact) mass is 231 g/mol. The van der Waals surface area contributed by atoms with E-state index in [2.05, 4.69) is 58.1 Å². The van der Waals surface area contributed by atoms with E-state index < -0.39 is 14.0 Å². The van der Waals surface area contributed by atoms with Crippen LogP contribution >= 0.6 is 0 Å². The van der Waals surface area contributed by atoms with Gasteiger partial charge in [0, 0.05) is 0 Å². The zero-order valence-electron chi connectivity index (χ0n) is 10.6. The van der Waals surface area contributed by atoms with Gasteiger partial charge in [-0.2, -0.15) is 0 Å². The van der Waals surface area contributed by atoms with E-state index in [0.29, 0.717) is 0 Å². The molecule has 82 valence electrons. The fourth-order valence-electron chi connectivity index (χ4n) is 2.84. The summed E-state index contributed by atoms with van der Waals surface area (Å²) < 4.78 is 1.71. The average Bonchev–Trinajstić information content (AvgIpc) is 2.28. The van der Waals surface area contributed by atoms with Crippen LogP contribution in [0.2, 0.25) is 20.9 Å². The maximum absolute atomic E-state index is 2.88. The fourth-order valence-corrected chi connectivity index (χ4v) is 10.7. The fraction of sp³-hybridized carbons (Fsp3) is 0.667. The molecular weight excluding hydrogens is 206 g/mol. The van der Waals surface area contributed by atoms with E-state index >= 15 is 0 Å². The van der Waals surface area contributed by atoms with E-state index in [-0.39, 0.29) is 0 Å². The Kier molecular flexibility index (Phi) is 2.48. The van der Waals surface area contributed by atoms with E-state index in [1.807, 2.05) is 0 Å². The van der Waals surface area contributed by atoms with E-state index in [0.717, 1.165) is 0 Å². The van der Waals surface area contributed by atoms with Gasteiger partial charge in [0.05, 0.1) is 0 Å². The first-order chi connectivity index (χ1) is 6.04. The molecule has 14 heavy (non-hydrogen) atoms. The minimum atomic E-state index is -2.88. The molecule has 0 aromatic carbocycles. The third-order valence-electron chi connectivity index (χ3n) is 3.31. The molecule has 0 aliphatic heterocycles. The van der Waals surface area contributed by atoms with Crippen molar-refractivity contribution >= 4 is 0 Å². The molecule has 1 rings (SSSR count).